The molecule has 2 fully saturated rings. The van der Waals surface area contributed by atoms with E-state index in [1.807, 2.05) is 0 Å². The molecule has 0 bridgehead atoms. The highest BCUT2D eigenvalue weighted by atomic mass is 19.3. The first-order chi connectivity index (χ1) is 15.4. The molecule has 4 amide bonds. The van der Waals surface area contributed by atoms with Crippen LogP contribution in [0.25, 0.3) is 0 Å². The molecule has 0 spiro atoms. The van der Waals surface area contributed by atoms with Crippen molar-refractivity contribution in [3.8, 4) is 0 Å². The van der Waals surface area contributed by atoms with Crippen LogP contribution >= 0.6 is 0 Å². The number of nitrogens with zero attached hydrogens (tertiary/aromatic N) is 2. The van der Waals surface area contributed by atoms with Crippen LogP contribution in [-0.4, -0.2) is 64.3 Å². The van der Waals surface area contributed by atoms with E-state index in [1.54, 1.807) is 26.8 Å². The van der Waals surface area contributed by atoms with Crippen molar-refractivity contribution in [3.05, 3.63) is 34.9 Å². The maximum Gasteiger partial charge on any atom is 0.410 e. The molecule has 8 nitrogen and oxygen atoms in total. The fourth-order valence-electron chi connectivity index (χ4n) is 4.64. The van der Waals surface area contributed by atoms with Crippen LogP contribution < -0.4 is 5.32 Å². The van der Waals surface area contributed by atoms with Crippen LogP contribution in [0, 0.1) is 0 Å². The molecule has 3 heterocycles. The van der Waals surface area contributed by atoms with Gasteiger partial charge < -0.3 is 14.5 Å². The first-order valence-electron chi connectivity index (χ1n) is 11.0. The molecule has 1 aromatic rings. The van der Waals surface area contributed by atoms with Gasteiger partial charge in [-0.2, -0.15) is 0 Å². The zero-order chi connectivity index (χ0) is 24.1. The van der Waals surface area contributed by atoms with E-state index in [4.69, 9.17) is 4.74 Å². The minimum Gasteiger partial charge on any atom is -0.444 e. The average molecular weight is 463 g/mol. The smallest absolute Gasteiger partial charge is 0.410 e. The lowest BCUT2D eigenvalue weighted by molar-refractivity contribution is -0.136. The number of rotatable bonds is 2. The van der Waals surface area contributed by atoms with Crippen molar-refractivity contribution in [1.29, 1.82) is 0 Å². The minimum atomic E-state index is -3.17. The van der Waals surface area contributed by atoms with Crippen molar-refractivity contribution in [2.24, 2.45) is 0 Å². The van der Waals surface area contributed by atoms with Gasteiger partial charge in [-0.15, -0.1) is 0 Å². The summed E-state index contributed by atoms with van der Waals surface area (Å²) in [6.45, 7) is 4.55. The Labute approximate surface area is 190 Å². The van der Waals surface area contributed by atoms with Gasteiger partial charge in [-0.3, -0.25) is 19.7 Å². The Bertz CT molecular complexity index is 1020. The zero-order valence-corrected chi connectivity index (χ0v) is 18.8. The number of hydrogen-bond donors (Lipinski definition) is 1. The molecule has 2 saturated heterocycles. The van der Waals surface area contributed by atoms with Gasteiger partial charge in [0.2, 0.25) is 11.8 Å². The molecular formula is C23H27F2N3O5. The molecule has 178 valence electrons. The predicted molar refractivity (Wildman–Crippen MR) is 113 cm³/mol. The summed E-state index contributed by atoms with van der Waals surface area (Å²) in [6.07, 6.45) is -0.335. The second-order valence-corrected chi connectivity index (χ2v) is 9.82. The number of piperidine rings is 2. The molecule has 2 atom stereocenters. The molecule has 0 aliphatic carbocycles. The number of hydrogen-bond acceptors (Lipinski definition) is 5. The molecule has 1 N–H and O–H groups in total. The standard InChI is InChI=1S/C23H27F2N3O5/c1-22(2,3)33-21(32)27-9-8-16(23(24,25)12-27)13-4-5-15-14(10-13)11-28(20(15)31)17-6-7-18(29)26-19(17)30/h4-5,10,16-17H,6-9,11-12H2,1-3H3,(H,26,29,30). The van der Waals surface area contributed by atoms with Gasteiger partial charge in [-0.25, -0.2) is 13.6 Å². The zero-order valence-electron chi connectivity index (χ0n) is 18.8. The molecule has 0 aromatic heterocycles. The second kappa shape index (κ2) is 8.07. The predicted octanol–water partition coefficient (Wildman–Crippen LogP) is 2.81. The van der Waals surface area contributed by atoms with Crippen molar-refractivity contribution >= 4 is 23.8 Å². The van der Waals surface area contributed by atoms with Crippen LogP contribution in [0.5, 0.6) is 0 Å². The Hall–Kier alpha value is -3.04. The lowest BCUT2D eigenvalue weighted by atomic mass is 9.85. The van der Waals surface area contributed by atoms with E-state index in [1.165, 1.54) is 17.0 Å². The monoisotopic (exact) mass is 463 g/mol. The van der Waals surface area contributed by atoms with Crippen LogP contribution in [0.15, 0.2) is 18.2 Å². The van der Waals surface area contributed by atoms with E-state index >= 15 is 8.78 Å². The lowest BCUT2D eigenvalue weighted by Gasteiger charge is -2.39. The number of fused-ring (bicyclic) bond motifs is 1. The summed E-state index contributed by atoms with van der Waals surface area (Å²) in [7, 11) is 0. The highest BCUT2D eigenvalue weighted by molar-refractivity contribution is 6.05. The van der Waals surface area contributed by atoms with Gasteiger partial charge in [0.05, 0.1) is 12.5 Å². The first-order valence-corrected chi connectivity index (χ1v) is 11.0. The maximum absolute atomic E-state index is 15.1. The molecule has 4 rings (SSSR count). The Balaban J connectivity index is 1.49. The van der Waals surface area contributed by atoms with Gasteiger partial charge in [0, 0.05) is 25.1 Å². The summed E-state index contributed by atoms with van der Waals surface area (Å²) in [5, 5.41) is 2.24. The topological polar surface area (TPSA) is 96.0 Å². The number of benzene rings is 1. The van der Waals surface area contributed by atoms with Gasteiger partial charge in [0.1, 0.15) is 11.6 Å². The van der Waals surface area contributed by atoms with Crippen LogP contribution in [0.4, 0.5) is 13.6 Å². The van der Waals surface area contributed by atoms with Gasteiger partial charge in [0.15, 0.2) is 0 Å². The van der Waals surface area contributed by atoms with Crippen molar-refractivity contribution in [3.63, 3.8) is 0 Å². The number of imide groups is 1. The van der Waals surface area contributed by atoms with Crippen LogP contribution in [0.2, 0.25) is 0 Å². The molecule has 0 radical (unpaired) electrons. The largest absolute Gasteiger partial charge is 0.444 e. The quantitative estimate of drug-likeness (QED) is 0.681. The van der Waals surface area contributed by atoms with Crippen LogP contribution in [-0.2, 0) is 20.9 Å². The summed E-state index contributed by atoms with van der Waals surface area (Å²) in [4.78, 5) is 51.1. The third kappa shape index (κ3) is 4.56. The molecule has 3 aliphatic heterocycles. The van der Waals surface area contributed by atoms with E-state index in [0.29, 0.717) is 16.7 Å². The second-order valence-electron chi connectivity index (χ2n) is 9.82. The van der Waals surface area contributed by atoms with E-state index in [9.17, 15) is 19.2 Å². The Kier molecular flexibility index (Phi) is 5.66. The van der Waals surface area contributed by atoms with E-state index in [-0.39, 0.29) is 44.2 Å². The number of alkyl halides is 2. The molecule has 3 aliphatic rings. The van der Waals surface area contributed by atoms with E-state index < -0.39 is 42.0 Å². The van der Waals surface area contributed by atoms with Crippen LogP contribution in [0.1, 0.15) is 67.4 Å². The fourth-order valence-corrected chi connectivity index (χ4v) is 4.64. The van der Waals surface area contributed by atoms with Gasteiger partial charge in [-0.05, 0) is 50.8 Å². The Morgan fingerprint density at radius 1 is 1.18 bits per heavy atom. The van der Waals surface area contributed by atoms with Crippen molar-refractivity contribution in [2.45, 2.75) is 70.1 Å². The summed E-state index contributed by atoms with van der Waals surface area (Å²) in [5.74, 6) is -5.52. The van der Waals surface area contributed by atoms with Gasteiger partial charge in [0.25, 0.3) is 11.8 Å². The lowest BCUT2D eigenvalue weighted by Crippen LogP contribution is -2.52. The normalized spacial score (nSPS) is 25.1. The number of likely N-dealkylation sites (tertiary alicyclic amines) is 1. The number of nitrogens with one attached hydrogen (secondary N) is 1. The third-order valence-corrected chi connectivity index (χ3v) is 6.20. The molecule has 2 unspecified atom stereocenters. The summed E-state index contributed by atoms with van der Waals surface area (Å²) >= 11 is 0. The highest BCUT2D eigenvalue weighted by Crippen LogP contribution is 2.42. The van der Waals surface area contributed by atoms with Crippen LogP contribution in [0.3, 0.4) is 0 Å². The van der Waals surface area contributed by atoms with E-state index in [2.05, 4.69) is 5.32 Å². The Morgan fingerprint density at radius 3 is 2.55 bits per heavy atom. The number of amides is 4. The van der Waals surface area contributed by atoms with Gasteiger partial charge in [-0.1, -0.05) is 12.1 Å². The van der Waals surface area contributed by atoms with Crippen molar-refractivity contribution in [2.75, 3.05) is 13.1 Å². The molecule has 0 saturated carbocycles. The third-order valence-electron chi connectivity index (χ3n) is 6.20. The summed E-state index contributed by atoms with van der Waals surface area (Å²) < 4.78 is 35.4. The fraction of sp³-hybridized carbons (Fsp3) is 0.565. The van der Waals surface area contributed by atoms with E-state index in [0.717, 1.165) is 4.90 Å². The number of ether oxygens (including phenoxy) is 1. The SMILES string of the molecule is CC(C)(C)OC(=O)N1CCC(c2ccc3c(c2)CN(C2CCC(=O)NC2=O)C3=O)C(F)(F)C1. The highest BCUT2D eigenvalue weighted by Gasteiger charge is 2.48. The van der Waals surface area contributed by atoms with Gasteiger partial charge >= 0.3 is 6.09 Å². The summed E-state index contributed by atoms with van der Waals surface area (Å²) in [6, 6.07) is 3.88. The maximum atomic E-state index is 15.1. The molecule has 1 aromatic carbocycles. The van der Waals surface area contributed by atoms with Crippen molar-refractivity contribution < 1.29 is 32.7 Å². The van der Waals surface area contributed by atoms with Crippen molar-refractivity contribution in [1.82, 2.24) is 15.1 Å². The minimum absolute atomic E-state index is 0.0514. The number of halogens is 2. The summed E-state index contributed by atoms with van der Waals surface area (Å²) in [5.41, 5.74) is 0.565. The molecule has 10 heteroatoms. The molecule has 33 heavy (non-hydrogen) atoms. The first kappa shape index (κ1) is 23.1. The average Bonchev–Trinajstić information content (AvgIpc) is 3.01. The number of carbonyl (C=O) groups excluding carboxylic acids is 4. The Morgan fingerprint density at radius 2 is 1.91 bits per heavy atom. The molecular weight excluding hydrogens is 436 g/mol. The number of carbonyl (C=O) groups is 4.